The van der Waals surface area contributed by atoms with Crippen molar-refractivity contribution in [2.24, 2.45) is 11.8 Å². The zero-order chi connectivity index (χ0) is 13.5. The van der Waals surface area contributed by atoms with Gasteiger partial charge in [-0.15, -0.1) is 0 Å². The van der Waals surface area contributed by atoms with Crippen molar-refractivity contribution in [1.82, 2.24) is 10.2 Å². The quantitative estimate of drug-likeness (QED) is 0.757. The summed E-state index contributed by atoms with van der Waals surface area (Å²) in [7, 11) is 0. The van der Waals surface area contributed by atoms with Crippen molar-refractivity contribution < 1.29 is 4.74 Å². The van der Waals surface area contributed by atoms with Crippen molar-refractivity contribution in [3.63, 3.8) is 0 Å². The molecule has 0 aliphatic carbocycles. The fraction of sp³-hybridized carbons (Fsp3) is 1.00. The average Bonchev–Trinajstić information content (AvgIpc) is 2.38. The Bertz CT molecular complexity index is 221. The van der Waals surface area contributed by atoms with Gasteiger partial charge in [0.05, 0.1) is 6.61 Å². The van der Waals surface area contributed by atoms with Crippen molar-refractivity contribution in [1.29, 1.82) is 0 Å². The zero-order valence-corrected chi connectivity index (χ0v) is 12.9. The SMILES string of the molecule is CCOCC(C(C)C)N1CCNC(C(C)CC)C1. The molecule has 1 saturated heterocycles. The average molecular weight is 256 g/mol. The minimum Gasteiger partial charge on any atom is -0.380 e. The lowest BCUT2D eigenvalue weighted by Crippen LogP contribution is -2.58. The summed E-state index contributed by atoms with van der Waals surface area (Å²) in [6.07, 6.45) is 1.25. The summed E-state index contributed by atoms with van der Waals surface area (Å²) in [6, 6.07) is 1.21. The monoisotopic (exact) mass is 256 g/mol. The molecule has 18 heavy (non-hydrogen) atoms. The van der Waals surface area contributed by atoms with Crippen molar-refractivity contribution in [2.75, 3.05) is 32.8 Å². The van der Waals surface area contributed by atoms with Crippen LogP contribution in [0.25, 0.3) is 0 Å². The standard InChI is InChI=1S/C15H32N2O/c1-6-13(5)14-10-17(9-8-16-14)15(12(3)4)11-18-7-2/h12-16H,6-11H2,1-5H3. The normalized spacial score (nSPS) is 25.3. The van der Waals surface area contributed by atoms with Gasteiger partial charge in [-0.1, -0.05) is 34.1 Å². The highest BCUT2D eigenvalue weighted by molar-refractivity contribution is 4.86. The maximum atomic E-state index is 5.67. The predicted octanol–water partition coefficient (Wildman–Crippen LogP) is 2.37. The number of hydrogen-bond acceptors (Lipinski definition) is 3. The lowest BCUT2D eigenvalue weighted by Gasteiger charge is -2.42. The van der Waals surface area contributed by atoms with Crippen LogP contribution in [-0.4, -0.2) is 49.8 Å². The molecule has 0 radical (unpaired) electrons. The summed E-state index contributed by atoms with van der Waals surface area (Å²) in [5, 5.41) is 3.67. The third kappa shape index (κ3) is 4.52. The summed E-state index contributed by atoms with van der Waals surface area (Å²) in [5.41, 5.74) is 0. The molecule has 3 heteroatoms. The van der Waals surface area contributed by atoms with Crippen LogP contribution in [0.3, 0.4) is 0 Å². The summed E-state index contributed by atoms with van der Waals surface area (Å²) in [5.74, 6) is 1.42. The molecule has 0 saturated carbocycles. The highest BCUT2D eigenvalue weighted by atomic mass is 16.5. The lowest BCUT2D eigenvalue weighted by atomic mass is 9.94. The first kappa shape index (κ1) is 15.9. The van der Waals surface area contributed by atoms with Gasteiger partial charge in [0.2, 0.25) is 0 Å². The smallest absolute Gasteiger partial charge is 0.0624 e. The second kappa shape index (κ2) is 8.13. The number of nitrogens with zero attached hydrogens (tertiary/aromatic N) is 1. The second-order valence-electron chi connectivity index (χ2n) is 5.91. The Balaban J connectivity index is 2.55. The van der Waals surface area contributed by atoms with Crippen LogP contribution in [-0.2, 0) is 4.74 Å². The van der Waals surface area contributed by atoms with Gasteiger partial charge in [0.1, 0.15) is 0 Å². The number of nitrogens with one attached hydrogen (secondary N) is 1. The van der Waals surface area contributed by atoms with Crippen LogP contribution >= 0.6 is 0 Å². The molecule has 0 spiro atoms. The van der Waals surface area contributed by atoms with E-state index in [0.29, 0.717) is 18.0 Å². The molecule has 1 heterocycles. The molecule has 108 valence electrons. The molecule has 0 aromatic heterocycles. The molecule has 0 bridgehead atoms. The first-order chi connectivity index (χ1) is 8.60. The van der Waals surface area contributed by atoms with Gasteiger partial charge in [-0.25, -0.2) is 0 Å². The van der Waals surface area contributed by atoms with Crippen molar-refractivity contribution in [3.05, 3.63) is 0 Å². The molecule has 1 rings (SSSR count). The number of piperazine rings is 1. The van der Waals surface area contributed by atoms with Gasteiger partial charge in [-0.05, 0) is 18.8 Å². The van der Waals surface area contributed by atoms with Crippen LogP contribution in [0.2, 0.25) is 0 Å². The summed E-state index contributed by atoms with van der Waals surface area (Å²) in [4.78, 5) is 2.63. The summed E-state index contributed by atoms with van der Waals surface area (Å²) in [6.45, 7) is 16.5. The third-order valence-electron chi connectivity index (χ3n) is 4.30. The molecule has 0 aromatic carbocycles. The Labute approximate surface area is 113 Å². The van der Waals surface area contributed by atoms with Crippen LogP contribution in [0.4, 0.5) is 0 Å². The van der Waals surface area contributed by atoms with E-state index in [1.54, 1.807) is 0 Å². The zero-order valence-electron chi connectivity index (χ0n) is 12.9. The molecular weight excluding hydrogens is 224 g/mol. The molecule has 1 aliphatic heterocycles. The largest absolute Gasteiger partial charge is 0.380 e. The van der Waals surface area contributed by atoms with E-state index in [1.165, 1.54) is 13.0 Å². The molecule has 0 amide bonds. The van der Waals surface area contributed by atoms with Crippen molar-refractivity contribution >= 4 is 0 Å². The van der Waals surface area contributed by atoms with Crippen LogP contribution in [0, 0.1) is 11.8 Å². The second-order valence-corrected chi connectivity index (χ2v) is 5.91. The van der Waals surface area contributed by atoms with E-state index in [2.05, 4.69) is 44.8 Å². The maximum absolute atomic E-state index is 5.67. The van der Waals surface area contributed by atoms with E-state index in [1.807, 2.05) is 0 Å². The summed E-state index contributed by atoms with van der Waals surface area (Å²) < 4.78 is 5.67. The topological polar surface area (TPSA) is 24.5 Å². The Morgan fingerprint density at radius 1 is 1.28 bits per heavy atom. The van der Waals surface area contributed by atoms with Gasteiger partial charge in [-0.2, -0.15) is 0 Å². The Hall–Kier alpha value is -0.120. The van der Waals surface area contributed by atoms with Crippen LogP contribution in [0.5, 0.6) is 0 Å². The van der Waals surface area contributed by atoms with Crippen LogP contribution < -0.4 is 5.32 Å². The van der Waals surface area contributed by atoms with Crippen LogP contribution in [0.15, 0.2) is 0 Å². The summed E-state index contributed by atoms with van der Waals surface area (Å²) >= 11 is 0. The lowest BCUT2D eigenvalue weighted by molar-refractivity contribution is 0.0243. The first-order valence-corrected chi connectivity index (χ1v) is 7.65. The van der Waals surface area contributed by atoms with E-state index in [9.17, 15) is 0 Å². The fourth-order valence-electron chi connectivity index (χ4n) is 2.73. The Kier molecular flexibility index (Phi) is 7.20. The van der Waals surface area contributed by atoms with Gasteiger partial charge in [0, 0.05) is 38.3 Å². The number of rotatable bonds is 7. The molecule has 0 aromatic rings. The molecule has 3 unspecified atom stereocenters. The number of ether oxygens (including phenoxy) is 1. The minimum absolute atomic E-state index is 0.568. The van der Waals surface area contributed by atoms with Crippen molar-refractivity contribution in [3.8, 4) is 0 Å². The first-order valence-electron chi connectivity index (χ1n) is 7.65. The Morgan fingerprint density at radius 3 is 2.56 bits per heavy atom. The molecule has 1 fully saturated rings. The fourth-order valence-corrected chi connectivity index (χ4v) is 2.73. The maximum Gasteiger partial charge on any atom is 0.0624 e. The predicted molar refractivity (Wildman–Crippen MR) is 77.9 cm³/mol. The minimum atomic E-state index is 0.568. The Morgan fingerprint density at radius 2 is 2.00 bits per heavy atom. The van der Waals surface area contributed by atoms with E-state index in [0.717, 1.165) is 32.2 Å². The van der Waals surface area contributed by atoms with Gasteiger partial charge in [-0.3, -0.25) is 4.90 Å². The molecule has 3 atom stereocenters. The number of hydrogen-bond donors (Lipinski definition) is 1. The van der Waals surface area contributed by atoms with Gasteiger partial charge < -0.3 is 10.1 Å². The van der Waals surface area contributed by atoms with Gasteiger partial charge in [0.25, 0.3) is 0 Å². The molecule has 3 nitrogen and oxygen atoms in total. The van der Waals surface area contributed by atoms with E-state index >= 15 is 0 Å². The third-order valence-corrected chi connectivity index (χ3v) is 4.30. The van der Waals surface area contributed by atoms with Gasteiger partial charge in [0.15, 0.2) is 0 Å². The highest BCUT2D eigenvalue weighted by Crippen LogP contribution is 2.18. The molecule has 1 N–H and O–H groups in total. The van der Waals surface area contributed by atoms with Crippen molar-refractivity contribution in [2.45, 2.75) is 53.1 Å². The van der Waals surface area contributed by atoms with Crippen LogP contribution in [0.1, 0.15) is 41.0 Å². The van der Waals surface area contributed by atoms with E-state index in [4.69, 9.17) is 4.74 Å². The van der Waals surface area contributed by atoms with E-state index < -0.39 is 0 Å². The van der Waals surface area contributed by atoms with E-state index in [-0.39, 0.29) is 0 Å². The van der Waals surface area contributed by atoms with Gasteiger partial charge >= 0.3 is 0 Å². The highest BCUT2D eigenvalue weighted by Gasteiger charge is 2.29. The molecule has 1 aliphatic rings. The molecular formula is C15H32N2O.